The largest absolute Gasteiger partial charge is 0.467 e. The van der Waals surface area contributed by atoms with E-state index in [0.717, 1.165) is 53.8 Å². The van der Waals surface area contributed by atoms with E-state index in [1.165, 1.54) is 18.2 Å². The zero-order valence-electron chi connectivity index (χ0n) is 17.8. The number of fused-ring (bicyclic) bond motifs is 1. The number of benzene rings is 1. The minimum atomic E-state index is -0.364. The van der Waals surface area contributed by atoms with Crippen LogP contribution in [0.4, 0.5) is 0 Å². The first-order valence-corrected chi connectivity index (χ1v) is 12.1. The van der Waals surface area contributed by atoms with Crippen molar-refractivity contribution in [1.29, 1.82) is 0 Å². The van der Waals surface area contributed by atoms with Gasteiger partial charge in [0.2, 0.25) is 0 Å². The quantitative estimate of drug-likeness (QED) is 0.485. The molecule has 2 atom stereocenters. The molecule has 32 heavy (non-hydrogen) atoms. The van der Waals surface area contributed by atoms with Crippen molar-refractivity contribution in [3.8, 4) is 0 Å². The first-order valence-electron chi connectivity index (χ1n) is 10.9. The van der Waals surface area contributed by atoms with Crippen molar-refractivity contribution < 1.29 is 9.21 Å². The summed E-state index contributed by atoms with van der Waals surface area (Å²) >= 11 is 7.49. The third-order valence-electron chi connectivity index (χ3n) is 5.89. The van der Waals surface area contributed by atoms with Crippen LogP contribution in [0.3, 0.4) is 0 Å². The molecule has 7 nitrogen and oxygen atoms in total. The van der Waals surface area contributed by atoms with Gasteiger partial charge in [0, 0.05) is 24.4 Å². The van der Waals surface area contributed by atoms with Crippen molar-refractivity contribution in [3.63, 3.8) is 0 Å². The Morgan fingerprint density at radius 3 is 2.81 bits per heavy atom. The molecule has 0 saturated carbocycles. The highest BCUT2D eigenvalue weighted by Gasteiger charge is 2.37. The fraction of sp³-hybridized carbons (Fsp3) is 0.391. The van der Waals surface area contributed by atoms with Crippen LogP contribution in [0.15, 0.2) is 57.3 Å². The molecular weight excluding hydrogens is 446 g/mol. The Labute approximate surface area is 195 Å². The molecule has 1 aromatic carbocycles. The Balaban J connectivity index is 1.39. The topological polar surface area (TPSA) is 76.5 Å². The maximum absolute atomic E-state index is 13.5. The highest BCUT2D eigenvalue weighted by molar-refractivity contribution is 8.00. The van der Waals surface area contributed by atoms with E-state index in [2.05, 4.69) is 14.8 Å². The maximum Gasteiger partial charge on any atom is 0.256 e. The van der Waals surface area contributed by atoms with E-state index in [-0.39, 0.29) is 17.2 Å². The second-order valence-corrected chi connectivity index (χ2v) is 9.84. The van der Waals surface area contributed by atoms with Crippen molar-refractivity contribution in [2.24, 2.45) is 5.10 Å². The summed E-state index contributed by atoms with van der Waals surface area (Å²) in [7, 11) is 0. The molecular formula is C23H24ClN5O2S. The van der Waals surface area contributed by atoms with Gasteiger partial charge < -0.3 is 8.98 Å². The minimum absolute atomic E-state index is 0.0775. The molecule has 166 valence electrons. The van der Waals surface area contributed by atoms with E-state index in [1.54, 1.807) is 11.3 Å². The van der Waals surface area contributed by atoms with Crippen LogP contribution >= 0.6 is 23.4 Å². The second-order valence-electron chi connectivity index (χ2n) is 8.09. The molecule has 0 spiro atoms. The molecule has 0 fully saturated rings. The SMILES string of the molecule is C[C@H](Sc1nnc2n1CCCCC2)C(=O)N1N=C(c2ccc(Cl)cc2)C[C@H]1c1ccco1. The molecule has 1 amide bonds. The number of hydrogen-bond acceptors (Lipinski definition) is 6. The molecule has 3 aromatic rings. The molecule has 0 bridgehead atoms. The lowest BCUT2D eigenvalue weighted by molar-refractivity contribution is -0.132. The van der Waals surface area contributed by atoms with Gasteiger partial charge in [0.05, 0.1) is 17.2 Å². The number of hydrazone groups is 1. The zero-order chi connectivity index (χ0) is 22.1. The fourth-order valence-corrected chi connectivity index (χ4v) is 5.24. The van der Waals surface area contributed by atoms with Gasteiger partial charge in [-0.1, -0.05) is 41.9 Å². The smallest absolute Gasteiger partial charge is 0.256 e. The molecule has 9 heteroatoms. The zero-order valence-corrected chi connectivity index (χ0v) is 19.3. The number of amides is 1. The molecule has 0 N–H and O–H groups in total. The number of rotatable bonds is 5. The molecule has 2 aliphatic heterocycles. The predicted molar refractivity (Wildman–Crippen MR) is 124 cm³/mol. The normalized spacial score (nSPS) is 19.4. The van der Waals surface area contributed by atoms with Crippen LogP contribution in [-0.4, -0.2) is 36.6 Å². The first-order chi connectivity index (χ1) is 15.6. The molecule has 2 aromatic heterocycles. The Kier molecular flexibility index (Phi) is 6.06. The molecule has 0 saturated heterocycles. The van der Waals surface area contributed by atoms with Crippen molar-refractivity contribution >= 4 is 35.0 Å². The van der Waals surface area contributed by atoms with Gasteiger partial charge in [-0.3, -0.25) is 4.79 Å². The van der Waals surface area contributed by atoms with Crippen LogP contribution in [0.1, 0.15) is 55.8 Å². The van der Waals surface area contributed by atoms with E-state index >= 15 is 0 Å². The molecule has 4 heterocycles. The van der Waals surface area contributed by atoms with Gasteiger partial charge in [0.15, 0.2) is 5.16 Å². The van der Waals surface area contributed by atoms with Crippen molar-refractivity contribution in [2.75, 3.05) is 0 Å². The predicted octanol–water partition coefficient (Wildman–Crippen LogP) is 5.11. The van der Waals surface area contributed by atoms with Crippen LogP contribution in [0, 0.1) is 0 Å². The van der Waals surface area contributed by atoms with Crippen molar-refractivity contribution in [2.45, 2.75) is 62.0 Å². The second kappa shape index (κ2) is 9.11. The number of nitrogens with zero attached hydrogens (tertiary/aromatic N) is 5. The van der Waals surface area contributed by atoms with E-state index in [9.17, 15) is 4.79 Å². The van der Waals surface area contributed by atoms with Crippen LogP contribution in [0.2, 0.25) is 5.02 Å². The monoisotopic (exact) mass is 469 g/mol. The van der Waals surface area contributed by atoms with Gasteiger partial charge in [-0.15, -0.1) is 10.2 Å². The fourth-order valence-electron chi connectivity index (χ4n) is 4.17. The van der Waals surface area contributed by atoms with E-state index in [0.29, 0.717) is 11.4 Å². The van der Waals surface area contributed by atoms with Crippen LogP contribution in [0.5, 0.6) is 0 Å². The minimum Gasteiger partial charge on any atom is -0.467 e. The van der Waals surface area contributed by atoms with Crippen molar-refractivity contribution in [3.05, 3.63) is 64.8 Å². The van der Waals surface area contributed by atoms with Gasteiger partial charge in [-0.2, -0.15) is 5.10 Å². The number of furan rings is 1. The number of carbonyl (C=O) groups is 1. The maximum atomic E-state index is 13.5. The molecule has 0 radical (unpaired) electrons. The van der Waals surface area contributed by atoms with Gasteiger partial charge >= 0.3 is 0 Å². The van der Waals surface area contributed by atoms with E-state index in [4.69, 9.17) is 21.1 Å². The Morgan fingerprint density at radius 2 is 2.03 bits per heavy atom. The van der Waals surface area contributed by atoms with Crippen molar-refractivity contribution in [1.82, 2.24) is 19.8 Å². The highest BCUT2D eigenvalue weighted by atomic mass is 35.5. The highest BCUT2D eigenvalue weighted by Crippen LogP contribution is 2.36. The van der Waals surface area contributed by atoms with Crippen LogP contribution in [0.25, 0.3) is 0 Å². The Bertz CT molecular complexity index is 1130. The van der Waals surface area contributed by atoms with E-state index in [1.807, 2.05) is 43.3 Å². The average Bonchev–Trinajstić information content (AvgIpc) is 3.51. The standard InChI is InChI=1S/C23H24ClN5O2S/c1-15(32-23-26-25-21-7-3-2-4-12-28(21)23)22(30)29-19(20-6-5-13-31-20)14-18(27-29)16-8-10-17(24)11-9-16/h5-6,8-11,13,15,19H,2-4,7,12,14H2,1H3/t15-,19-/m0/s1. The molecule has 0 unspecified atom stereocenters. The Morgan fingerprint density at radius 1 is 1.19 bits per heavy atom. The van der Waals surface area contributed by atoms with Crippen LogP contribution in [-0.2, 0) is 17.8 Å². The van der Waals surface area contributed by atoms with Crippen LogP contribution < -0.4 is 0 Å². The summed E-state index contributed by atoms with van der Waals surface area (Å²) in [5.41, 5.74) is 1.79. The summed E-state index contributed by atoms with van der Waals surface area (Å²) in [6, 6.07) is 11.0. The van der Waals surface area contributed by atoms with E-state index < -0.39 is 0 Å². The number of aromatic nitrogens is 3. The summed E-state index contributed by atoms with van der Waals surface area (Å²) in [5, 5.41) is 16.1. The van der Waals surface area contributed by atoms with Gasteiger partial charge in [-0.25, -0.2) is 5.01 Å². The Hall–Kier alpha value is -2.58. The lowest BCUT2D eigenvalue weighted by atomic mass is 10.0. The van der Waals surface area contributed by atoms with Gasteiger partial charge in [0.1, 0.15) is 17.6 Å². The molecule has 0 aliphatic carbocycles. The number of carbonyl (C=O) groups excluding carboxylic acids is 1. The average molecular weight is 470 g/mol. The number of thioether (sulfide) groups is 1. The third kappa shape index (κ3) is 4.21. The molecule has 2 aliphatic rings. The number of halogens is 1. The lowest BCUT2D eigenvalue weighted by Gasteiger charge is -2.22. The first kappa shape index (κ1) is 21.3. The lowest BCUT2D eigenvalue weighted by Crippen LogP contribution is -2.33. The number of aryl methyl sites for hydroxylation is 1. The number of hydrogen-bond donors (Lipinski definition) is 0. The molecule has 5 rings (SSSR count). The summed E-state index contributed by atoms with van der Waals surface area (Å²) < 4.78 is 7.82. The summed E-state index contributed by atoms with van der Waals surface area (Å²) in [6.45, 7) is 2.81. The summed E-state index contributed by atoms with van der Waals surface area (Å²) in [4.78, 5) is 13.5. The van der Waals surface area contributed by atoms with Gasteiger partial charge in [0.25, 0.3) is 5.91 Å². The summed E-state index contributed by atoms with van der Waals surface area (Å²) in [5.74, 6) is 1.66. The van der Waals surface area contributed by atoms with Gasteiger partial charge in [-0.05, 0) is 49.6 Å². The summed E-state index contributed by atoms with van der Waals surface area (Å²) in [6.07, 6.45) is 6.60. The third-order valence-corrected chi connectivity index (χ3v) is 7.21.